The number of alkyl carbamates (subject to hydrolysis) is 2. The van der Waals surface area contributed by atoms with Crippen LogP contribution in [0.4, 0.5) is 9.59 Å². The minimum atomic E-state index is -0.546. The number of hydrogen-bond acceptors (Lipinski definition) is 14. The van der Waals surface area contributed by atoms with Crippen molar-refractivity contribution in [2.24, 2.45) is 5.73 Å². The molecule has 9 aromatic rings. The van der Waals surface area contributed by atoms with Crippen LogP contribution in [0.3, 0.4) is 0 Å². The Morgan fingerprint density at radius 1 is 0.394 bits per heavy atom. The Morgan fingerprint density at radius 3 is 0.937 bits per heavy atom. The minimum absolute atomic E-state index is 0. The van der Waals surface area contributed by atoms with E-state index in [9.17, 15) is 24.0 Å². The zero-order chi connectivity index (χ0) is 89.8. The molecule has 9 fully saturated rings. The van der Waals surface area contributed by atoms with E-state index in [-0.39, 0.29) is 36.7 Å². The summed E-state index contributed by atoms with van der Waals surface area (Å²) in [6.07, 6.45) is 22.2. The number of aryl methyl sites for hydroxylation is 7. The maximum absolute atomic E-state index is 14.0. The summed E-state index contributed by atoms with van der Waals surface area (Å²) in [6, 6.07) is 30.7. The summed E-state index contributed by atoms with van der Waals surface area (Å²) < 4.78 is 10.6. The third-order valence-corrected chi connectivity index (χ3v) is 32.9. The lowest BCUT2D eigenvalue weighted by Gasteiger charge is -2.33. The Labute approximate surface area is 778 Å². The van der Waals surface area contributed by atoms with E-state index in [1.807, 2.05) is 41.5 Å². The van der Waals surface area contributed by atoms with Crippen molar-refractivity contribution in [2.45, 2.75) is 341 Å². The fourth-order valence-corrected chi connectivity index (χ4v) is 25.7. The molecule has 19 nitrogen and oxygen atoms in total. The zero-order valence-electron chi connectivity index (χ0n) is 79.0. The number of aromatic amines is 3. The molecule has 0 atom stereocenters. The van der Waals surface area contributed by atoms with Crippen molar-refractivity contribution in [1.82, 2.24) is 55.4 Å². The second-order valence-corrected chi connectivity index (χ2v) is 45.6. The third-order valence-electron chi connectivity index (χ3n) is 28.5. The number of benzene rings is 3. The molecule has 9 saturated heterocycles. The number of fused-ring (bicyclic) bond motifs is 9. The number of thiophene rings is 3. The van der Waals surface area contributed by atoms with Crippen LogP contribution in [0, 0.1) is 41.5 Å². The van der Waals surface area contributed by atoms with E-state index < -0.39 is 27.4 Å². The molecule has 9 aliphatic heterocycles. The van der Waals surface area contributed by atoms with E-state index in [0.717, 1.165) is 155 Å². The van der Waals surface area contributed by atoms with Crippen LogP contribution in [0.1, 0.15) is 263 Å². The average Bonchev–Trinajstić information content (AvgIpc) is 1.60. The predicted octanol–water partition coefficient (Wildman–Crippen LogP) is 21.8. The highest BCUT2D eigenvalue weighted by atomic mass is 35.5. The van der Waals surface area contributed by atoms with Gasteiger partial charge in [0.25, 0.3) is 0 Å². The van der Waals surface area contributed by atoms with Gasteiger partial charge in [-0.2, -0.15) is 0 Å². The number of amides is 5. The van der Waals surface area contributed by atoms with Gasteiger partial charge in [0.05, 0.1) is 33.3 Å². The van der Waals surface area contributed by atoms with E-state index in [1.54, 1.807) is 34.0 Å². The number of nitrogens with one attached hydrogen (secondary N) is 6. The van der Waals surface area contributed by atoms with Crippen molar-refractivity contribution in [3.05, 3.63) is 137 Å². The Hall–Kier alpha value is -7.25. The van der Waals surface area contributed by atoms with E-state index in [4.69, 9.17) is 26.8 Å². The Morgan fingerprint density at radius 2 is 0.661 bits per heavy atom. The molecule has 3 aromatic carbocycles. The monoisotopic (exact) mass is 1830 g/mol. The molecular formula is C103H144Cl2N12O7S3. The van der Waals surface area contributed by atoms with E-state index >= 15 is 0 Å². The van der Waals surface area contributed by atoms with Crippen LogP contribution in [-0.4, -0.2) is 193 Å². The summed E-state index contributed by atoms with van der Waals surface area (Å²) in [5, 5.41) is 13.0. The molecule has 6 aromatic heterocycles. The summed E-state index contributed by atoms with van der Waals surface area (Å²) in [4.78, 5) is 95.1. The molecule has 24 heteroatoms. The largest absolute Gasteiger partial charge is 0.444 e. The highest BCUT2D eigenvalue weighted by molar-refractivity contribution is 7.19. The Kier molecular flexibility index (Phi) is 29.6. The lowest BCUT2D eigenvalue weighted by atomic mass is 9.88. The lowest BCUT2D eigenvalue weighted by molar-refractivity contribution is -0.138. The van der Waals surface area contributed by atoms with Crippen molar-refractivity contribution in [3.63, 3.8) is 0 Å². The fraction of sp³-hybridized carbons (Fsp3) is 0.602. The molecule has 18 rings (SSSR count). The molecule has 127 heavy (non-hydrogen) atoms. The van der Waals surface area contributed by atoms with Crippen LogP contribution in [0.2, 0.25) is 0 Å². The number of nitrogens with two attached hydrogens (primary N) is 1. The van der Waals surface area contributed by atoms with Crippen LogP contribution < -0.4 is 21.7 Å². The number of nitrogens with zero attached hydrogens (tertiary/aromatic N) is 5. The van der Waals surface area contributed by atoms with Gasteiger partial charge in [-0.05, 0) is 374 Å². The van der Waals surface area contributed by atoms with Gasteiger partial charge in [0, 0.05) is 117 Å². The number of hydrogen-bond donors (Lipinski definition) is 7. The van der Waals surface area contributed by atoms with Crippen LogP contribution in [0.15, 0.2) is 72.8 Å². The number of likely N-dealkylation sites (tertiary alicyclic amines) is 2. The molecule has 0 aliphatic carbocycles. The molecule has 15 heterocycles. The first-order valence-corrected chi connectivity index (χ1v) is 50.4. The molecule has 5 amide bonds. The van der Waals surface area contributed by atoms with Gasteiger partial charge in [0.15, 0.2) is 0 Å². The summed E-state index contributed by atoms with van der Waals surface area (Å²) in [5.74, 6) is 1.50. The second-order valence-electron chi connectivity index (χ2n) is 42.1. The molecular weight excluding hydrogens is 1680 g/mol. The summed E-state index contributed by atoms with van der Waals surface area (Å²) in [5.41, 5.74) is 22.7. The quantitative estimate of drug-likeness (QED) is 0.0377. The first kappa shape index (κ1) is 95.8. The zero-order valence-corrected chi connectivity index (χ0v) is 83.0. The second kappa shape index (κ2) is 39.3. The maximum atomic E-state index is 14.0. The topological polar surface area (TPSA) is 229 Å². The maximum Gasteiger partial charge on any atom is 0.407 e. The number of alkyl halides is 1. The fourth-order valence-electron chi connectivity index (χ4n) is 21.9. The van der Waals surface area contributed by atoms with E-state index in [0.29, 0.717) is 65.9 Å². The van der Waals surface area contributed by atoms with Gasteiger partial charge in [-0.3, -0.25) is 14.4 Å². The van der Waals surface area contributed by atoms with Gasteiger partial charge in [-0.15, -0.1) is 58.0 Å². The highest BCUT2D eigenvalue weighted by Gasteiger charge is 2.51. The van der Waals surface area contributed by atoms with Gasteiger partial charge < -0.3 is 70.6 Å². The van der Waals surface area contributed by atoms with Gasteiger partial charge in [-0.25, -0.2) is 9.59 Å². The number of piperidine rings is 3. The summed E-state index contributed by atoms with van der Waals surface area (Å²) in [6.45, 7) is 45.0. The average molecular weight is 1830 g/mol. The number of carbonyl (C=O) groups is 5. The number of halogens is 2. The molecule has 0 spiro atoms. The van der Waals surface area contributed by atoms with Crippen molar-refractivity contribution in [3.8, 4) is 33.8 Å². The van der Waals surface area contributed by atoms with Crippen LogP contribution in [0.25, 0.3) is 64.4 Å². The number of ether oxygens (including phenoxy) is 2. The van der Waals surface area contributed by atoms with Crippen molar-refractivity contribution in [1.29, 1.82) is 0 Å². The Bertz CT molecular complexity index is 5300. The first-order valence-electron chi connectivity index (χ1n) is 47.4. The van der Waals surface area contributed by atoms with Gasteiger partial charge in [-0.1, -0.05) is 51.6 Å². The number of rotatable bonds is 19. The Balaban J connectivity index is 0.000000144. The van der Waals surface area contributed by atoms with E-state index in [1.165, 1.54) is 161 Å². The van der Waals surface area contributed by atoms with Crippen LogP contribution in [-0.2, 0) is 59.4 Å². The number of H-pyrrole nitrogens is 3. The summed E-state index contributed by atoms with van der Waals surface area (Å²) in [7, 11) is 0. The smallest absolute Gasteiger partial charge is 0.407 e. The molecule has 0 saturated carbocycles. The molecule has 9 aliphatic rings. The molecule has 0 unspecified atom stereocenters. The predicted molar refractivity (Wildman–Crippen MR) is 528 cm³/mol. The molecule has 6 bridgehead atoms. The number of carbonyl (C=O) groups excluding carboxylic acids is 5. The molecule has 690 valence electrons. The highest BCUT2D eigenvalue weighted by Crippen LogP contribution is 2.50. The number of aromatic nitrogens is 3. The third kappa shape index (κ3) is 21.6. The van der Waals surface area contributed by atoms with Crippen molar-refractivity contribution < 1.29 is 33.4 Å². The lowest BCUT2D eigenvalue weighted by Crippen LogP contribution is -2.46. The minimum Gasteiger partial charge on any atom is -0.444 e. The summed E-state index contributed by atoms with van der Waals surface area (Å²) >= 11 is 11.5. The normalized spacial score (nSPS) is 21.3. The van der Waals surface area contributed by atoms with Crippen molar-refractivity contribution in [2.75, 3.05) is 58.2 Å². The van der Waals surface area contributed by atoms with Crippen LogP contribution >= 0.6 is 58.0 Å². The SMILES string of the molecule is CC(C)(C)OC(=O)NC1CCNCC1.Cc1cc(C)cc(-c2[nH]c3sc(C(C)(C)C(=O)N4C5CCC4CC5)cc3c2CCCl)c1.Cc1cc(C)cc(-c2[nH]c3sc(C(C)(C)C(=O)N4C5CCC4CC5)cc3c2CCN2CCC(N)CC2)c1.Cc1cc(C)cc(-c2[nH]c3sc(C(C)(C)C(=O)N4C5CCC4CC5)cc3c2CCN2CCC(NC(=O)OC(C)(C)C)CC2)c1.Cl. The first-order chi connectivity index (χ1) is 59.7. The van der Waals surface area contributed by atoms with Gasteiger partial charge >= 0.3 is 12.2 Å². The molecule has 0 radical (unpaired) electrons. The van der Waals surface area contributed by atoms with Crippen molar-refractivity contribution >= 4 is 119 Å². The van der Waals surface area contributed by atoms with Crippen LogP contribution in [0.5, 0.6) is 0 Å². The molecule has 8 N–H and O–H groups in total. The standard InChI is InChI=1S/C36H50N4O3S.C31H42N4OS.C26H31ClN2OS.C10H20N2O2.ClH/c1-22-18-23(2)20-24(19-22)31-28(14-17-39-15-12-25(13-16-39)37-34(42)43-35(3,4)5)29-21-30(44-32(29)38-31)36(6,7)33(41)40-26-8-9-27(40)11-10-26;1-19-15-20(2)17-21(16-19)28-25(11-14-34-12-9-22(32)10-13-34)26-18-27(37-29(26)33-28)31(3,4)30(36)35-23-5-6-24(35)8-7-23;1-15-11-16(2)13-17(12-15)23-20(9-10-27)21-14-22(31-24(21)28-23)26(3,4)25(30)29-18-5-6-19(29)8-7-18;1-10(2,3)14-9(13)12-8-4-6-11-7-5-8;/h18-21,25-27,38H,8-17H2,1-7H3,(H,37,42);15-18,22-24,33H,5-14,32H2,1-4H3;11-14,18-19,28H,5-10H2,1-4H3;8,11H,4-7H2,1-3H3,(H,12,13);1H. The van der Waals surface area contributed by atoms with E-state index in [2.05, 4.69) is 211 Å². The van der Waals surface area contributed by atoms with Gasteiger partial charge in [0.2, 0.25) is 17.7 Å². The van der Waals surface area contributed by atoms with Gasteiger partial charge in [0.1, 0.15) is 25.7 Å².